The molecule has 1 atom stereocenters. The van der Waals surface area contributed by atoms with Crippen molar-refractivity contribution in [3.63, 3.8) is 0 Å². The average molecular weight is 256 g/mol. The summed E-state index contributed by atoms with van der Waals surface area (Å²) >= 11 is 0. The number of ether oxygens (including phenoxy) is 1. The smallest absolute Gasteiger partial charge is 0.120 e. The number of hydrogen-bond acceptors (Lipinski definition) is 2. The van der Waals surface area contributed by atoms with Crippen molar-refractivity contribution in [2.75, 3.05) is 0 Å². The Hall–Kier alpha value is -1.80. The van der Waals surface area contributed by atoms with Crippen LogP contribution in [0.2, 0.25) is 0 Å². The number of aryl methyl sites for hydroxylation is 1. The van der Waals surface area contributed by atoms with E-state index < -0.39 is 6.10 Å². The monoisotopic (exact) mass is 256 g/mol. The minimum Gasteiger partial charge on any atom is -0.489 e. The highest BCUT2D eigenvalue weighted by atomic mass is 16.5. The van der Waals surface area contributed by atoms with Gasteiger partial charge in [-0.2, -0.15) is 0 Å². The summed E-state index contributed by atoms with van der Waals surface area (Å²) in [7, 11) is 0. The second kappa shape index (κ2) is 6.39. The van der Waals surface area contributed by atoms with Crippen LogP contribution in [0.15, 0.2) is 48.5 Å². The highest BCUT2D eigenvalue weighted by molar-refractivity contribution is 5.30. The molecule has 0 aliphatic heterocycles. The molecule has 0 unspecified atom stereocenters. The second-order valence-electron chi connectivity index (χ2n) is 4.71. The fourth-order valence-electron chi connectivity index (χ4n) is 1.90. The van der Waals surface area contributed by atoms with Crippen LogP contribution in [0.25, 0.3) is 0 Å². The van der Waals surface area contributed by atoms with Crippen LogP contribution in [0.5, 0.6) is 5.75 Å². The van der Waals surface area contributed by atoms with Crippen LogP contribution in [-0.4, -0.2) is 5.11 Å². The van der Waals surface area contributed by atoms with Gasteiger partial charge in [-0.05, 0) is 42.2 Å². The molecule has 0 spiro atoms. The maximum atomic E-state index is 9.54. The molecule has 0 saturated carbocycles. The first-order chi connectivity index (χ1) is 9.19. The number of hydrogen-bond donors (Lipinski definition) is 1. The third kappa shape index (κ3) is 3.83. The molecule has 0 amide bonds. The molecule has 0 aliphatic rings. The molecule has 1 N–H and O–H groups in total. The van der Waals surface area contributed by atoms with Crippen molar-refractivity contribution in [2.24, 2.45) is 0 Å². The zero-order valence-corrected chi connectivity index (χ0v) is 11.5. The summed E-state index contributed by atoms with van der Waals surface area (Å²) in [5.41, 5.74) is 3.36. The fraction of sp³-hybridized carbons (Fsp3) is 0.294. The van der Waals surface area contributed by atoms with Crippen LogP contribution in [0.3, 0.4) is 0 Å². The summed E-state index contributed by atoms with van der Waals surface area (Å²) < 4.78 is 5.75. The molecule has 0 aliphatic carbocycles. The van der Waals surface area contributed by atoms with Crippen molar-refractivity contribution < 1.29 is 9.84 Å². The Morgan fingerprint density at radius 3 is 2.37 bits per heavy atom. The van der Waals surface area contributed by atoms with E-state index in [0.717, 1.165) is 23.3 Å². The van der Waals surface area contributed by atoms with Gasteiger partial charge < -0.3 is 9.84 Å². The van der Waals surface area contributed by atoms with Gasteiger partial charge in [0.25, 0.3) is 0 Å². The molecule has 100 valence electrons. The summed E-state index contributed by atoms with van der Waals surface area (Å²) in [5, 5.41) is 9.54. The predicted molar refractivity (Wildman–Crippen MR) is 77.2 cm³/mol. The Balaban J connectivity index is 1.99. The third-order valence-corrected chi connectivity index (χ3v) is 3.18. The number of benzene rings is 2. The van der Waals surface area contributed by atoms with Crippen LogP contribution >= 0.6 is 0 Å². The Kier molecular flexibility index (Phi) is 4.58. The van der Waals surface area contributed by atoms with Gasteiger partial charge in [0, 0.05) is 0 Å². The maximum absolute atomic E-state index is 9.54. The van der Waals surface area contributed by atoms with Crippen molar-refractivity contribution in [1.29, 1.82) is 0 Å². The lowest BCUT2D eigenvalue weighted by molar-refractivity contribution is 0.198. The molecule has 2 rings (SSSR count). The SMILES string of the molecule is CCc1ccc(COc2cccc([C@H](C)O)c2)cc1. The van der Waals surface area contributed by atoms with Gasteiger partial charge in [0.05, 0.1) is 6.10 Å². The van der Waals surface area contributed by atoms with E-state index in [1.165, 1.54) is 5.56 Å². The lowest BCUT2D eigenvalue weighted by Gasteiger charge is -2.10. The maximum Gasteiger partial charge on any atom is 0.120 e. The van der Waals surface area contributed by atoms with Gasteiger partial charge in [0.15, 0.2) is 0 Å². The molecule has 0 bridgehead atoms. The molecular weight excluding hydrogens is 236 g/mol. The predicted octanol–water partition coefficient (Wildman–Crippen LogP) is 3.88. The first-order valence-corrected chi connectivity index (χ1v) is 6.67. The van der Waals surface area contributed by atoms with Crippen molar-refractivity contribution in [3.8, 4) is 5.75 Å². The van der Waals surface area contributed by atoms with Crippen molar-refractivity contribution in [1.82, 2.24) is 0 Å². The van der Waals surface area contributed by atoms with E-state index >= 15 is 0 Å². The molecule has 0 aromatic heterocycles. The van der Waals surface area contributed by atoms with E-state index in [0.29, 0.717) is 6.61 Å². The van der Waals surface area contributed by atoms with Gasteiger partial charge in [-0.15, -0.1) is 0 Å². The van der Waals surface area contributed by atoms with Gasteiger partial charge in [-0.1, -0.05) is 43.3 Å². The topological polar surface area (TPSA) is 29.5 Å². The summed E-state index contributed by atoms with van der Waals surface area (Å²) in [4.78, 5) is 0. The summed E-state index contributed by atoms with van der Waals surface area (Å²) in [5.74, 6) is 0.790. The lowest BCUT2D eigenvalue weighted by atomic mass is 10.1. The van der Waals surface area contributed by atoms with Gasteiger partial charge in [-0.25, -0.2) is 0 Å². The van der Waals surface area contributed by atoms with E-state index in [1.54, 1.807) is 6.92 Å². The lowest BCUT2D eigenvalue weighted by Crippen LogP contribution is -1.97. The largest absolute Gasteiger partial charge is 0.489 e. The Bertz CT molecular complexity index is 515. The molecule has 19 heavy (non-hydrogen) atoms. The van der Waals surface area contributed by atoms with E-state index in [4.69, 9.17) is 4.74 Å². The van der Waals surface area contributed by atoms with Crippen LogP contribution < -0.4 is 4.74 Å². The van der Waals surface area contributed by atoms with E-state index in [9.17, 15) is 5.11 Å². The molecule has 2 nitrogen and oxygen atoms in total. The van der Waals surface area contributed by atoms with Crippen molar-refractivity contribution >= 4 is 0 Å². The van der Waals surface area contributed by atoms with Crippen molar-refractivity contribution in [2.45, 2.75) is 33.0 Å². The van der Waals surface area contributed by atoms with Gasteiger partial charge in [0.2, 0.25) is 0 Å². The zero-order chi connectivity index (χ0) is 13.7. The molecule has 2 aromatic rings. The molecule has 0 radical (unpaired) electrons. The minimum absolute atomic E-state index is 0.465. The summed E-state index contributed by atoms with van der Waals surface area (Å²) in [6, 6.07) is 16.0. The van der Waals surface area contributed by atoms with Gasteiger partial charge in [-0.3, -0.25) is 0 Å². The molecule has 2 heteroatoms. The third-order valence-electron chi connectivity index (χ3n) is 3.18. The van der Waals surface area contributed by atoms with Crippen molar-refractivity contribution in [3.05, 3.63) is 65.2 Å². The number of rotatable bonds is 5. The van der Waals surface area contributed by atoms with Crippen LogP contribution in [0.4, 0.5) is 0 Å². The molecule has 0 saturated heterocycles. The van der Waals surface area contributed by atoms with Crippen LogP contribution in [0, 0.1) is 0 Å². The molecule has 0 heterocycles. The van der Waals surface area contributed by atoms with Gasteiger partial charge in [0.1, 0.15) is 12.4 Å². The van der Waals surface area contributed by atoms with E-state index in [-0.39, 0.29) is 0 Å². The number of aliphatic hydroxyl groups excluding tert-OH is 1. The highest BCUT2D eigenvalue weighted by Gasteiger charge is 2.02. The first-order valence-electron chi connectivity index (χ1n) is 6.67. The van der Waals surface area contributed by atoms with Crippen LogP contribution in [-0.2, 0) is 13.0 Å². The summed E-state index contributed by atoms with van der Waals surface area (Å²) in [6.07, 6.45) is 0.588. The number of aliphatic hydroxyl groups is 1. The molecular formula is C17H20O2. The minimum atomic E-state index is -0.465. The Morgan fingerprint density at radius 2 is 1.74 bits per heavy atom. The standard InChI is InChI=1S/C17H20O2/c1-3-14-7-9-15(10-8-14)12-19-17-6-4-5-16(11-17)13(2)18/h4-11,13,18H,3,12H2,1-2H3/t13-/m0/s1. The Morgan fingerprint density at radius 1 is 1.05 bits per heavy atom. The van der Waals surface area contributed by atoms with Crippen LogP contribution in [0.1, 0.15) is 36.6 Å². The quantitative estimate of drug-likeness (QED) is 0.879. The molecule has 2 aromatic carbocycles. The van der Waals surface area contributed by atoms with E-state index in [2.05, 4.69) is 31.2 Å². The fourth-order valence-corrected chi connectivity index (χ4v) is 1.90. The van der Waals surface area contributed by atoms with Gasteiger partial charge >= 0.3 is 0 Å². The highest BCUT2D eigenvalue weighted by Crippen LogP contribution is 2.19. The summed E-state index contributed by atoms with van der Waals surface area (Å²) in [6.45, 7) is 4.45. The Labute approximate surface area is 114 Å². The average Bonchev–Trinajstić information content (AvgIpc) is 2.46. The zero-order valence-electron chi connectivity index (χ0n) is 11.5. The van der Waals surface area contributed by atoms with E-state index in [1.807, 2.05) is 24.3 Å². The normalized spacial score (nSPS) is 12.2. The first kappa shape index (κ1) is 13.6. The second-order valence-corrected chi connectivity index (χ2v) is 4.71. The molecule has 0 fully saturated rings.